The number of amides is 1. The van der Waals surface area contributed by atoms with Crippen molar-refractivity contribution < 1.29 is 15.0 Å². The Bertz CT molecular complexity index is 1150. The average Bonchev–Trinajstić information content (AvgIpc) is 2.85. The number of benzene rings is 2. The molecule has 0 heterocycles. The lowest BCUT2D eigenvalue weighted by molar-refractivity contribution is -0.105. The van der Waals surface area contributed by atoms with Crippen molar-refractivity contribution in [2.75, 3.05) is 5.32 Å². The summed E-state index contributed by atoms with van der Waals surface area (Å²) >= 11 is 0. The lowest BCUT2D eigenvalue weighted by atomic mass is 9.95. The van der Waals surface area contributed by atoms with Crippen molar-refractivity contribution in [2.24, 2.45) is 4.99 Å². The monoisotopic (exact) mass is 486 g/mol. The van der Waals surface area contributed by atoms with Crippen LogP contribution >= 0.6 is 0 Å². The number of anilines is 1. The van der Waals surface area contributed by atoms with Crippen molar-refractivity contribution in [3.8, 4) is 11.5 Å². The van der Waals surface area contributed by atoms with Crippen LogP contribution in [0.25, 0.3) is 5.57 Å². The van der Waals surface area contributed by atoms with Gasteiger partial charge in [-0.1, -0.05) is 55.7 Å². The van der Waals surface area contributed by atoms with Crippen molar-refractivity contribution in [3.63, 3.8) is 0 Å². The molecule has 2 aromatic rings. The number of hydrogen-bond donors (Lipinski definition) is 3. The normalized spacial score (nSPS) is 11.1. The van der Waals surface area contributed by atoms with E-state index in [1.165, 1.54) is 6.07 Å². The van der Waals surface area contributed by atoms with E-state index in [0.29, 0.717) is 19.3 Å². The molecule has 0 aliphatic rings. The van der Waals surface area contributed by atoms with Gasteiger partial charge in [0, 0.05) is 23.7 Å². The number of carbonyl (C=O) groups excluding carboxylic acids is 1. The second-order valence-electron chi connectivity index (χ2n) is 8.31. The first-order valence-corrected chi connectivity index (χ1v) is 11.8. The fourth-order valence-corrected chi connectivity index (χ4v) is 3.21. The van der Waals surface area contributed by atoms with E-state index in [1.54, 1.807) is 18.2 Å². The molecule has 0 radical (unpaired) electrons. The van der Waals surface area contributed by atoms with Crippen LogP contribution in [-0.4, -0.2) is 22.3 Å². The summed E-state index contributed by atoms with van der Waals surface area (Å²) < 4.78 is 0. The predicted octanol–water partition coefficient (Wildman–Crippen LogP) is 7.54. The number of phenolic OH excluding ortho intramolecular Hbond substituents is 2. The van der Waals surface area contributed by atoms with Gasteiger partial charge in [-0.15, -0.1) is 0 Å². The molecule has 0 aromatic heterocycles. The van der Waals surface area contributed by atoms with Gasteiger partial charge >= 0.3 is 0 Å². The molecular weight excluding hydrogens is 448 g/mol. The van der Waals surface area contributed by atoms with E-state index in [-0.39, 0.29) is 11.5 Å². The SMILES string of the molecule is C=C(/C(C)=C\N=C(C)C)c1ccc(NC=O)c(CCCc2ccc(O)cc2O)c1.C=C/C=C\C=C/C. The van der Waals surface area contributed by atoms with Crippen LogP contribution in [0.2, 0.25) is 0 Å². The zero-order valence-electron chi connectivity index (χ0n) is 21.8. The fourth-order valence-electron chi connectivity index (χ4n) is 3.21. The molecule has 36 heavy (non-hydrogen) atoms. The van der Waals surface area contributed by atoms with Crippen molar-refractivity contribution >= 4 is 23.4 Å². The molecule has 0 saturated carbocycles. The first-order valence-electron chi connectivity index (χ1n) is 11.8. The number of aromatic hydroxyl groups is 2. The van der Waals surface area contributed by atoms with Crippen LogP contribution in [0.5, 0.6) is 11.5 Å². The Labute approximate surface area is 215 Å². The summed E-state index contributed by atoms with van der Waals surface area (Å²) in [4.78, 5) is 15.3. The van der Waals surface area contributed by atoms with Crippen LogP contribution in [0.4, 0.5) is 5.69 Å². The van der Waals surface area contributed by atoms with E-state index in [9.17, 15) is 15.0 Å². The average molecular weight is 487 g/mol. The fraction of sp³-hybridized carbons (Fsp3) is 0.226. The van der Waals surface area contributed by atoms with Gasteiger partial charge in [0.05, 0.1) is 0 Å². The molecule has 0 atom stereocenters. The van der Waals surface area contributed by atoms with Crippen LogP contribution in [0.1, 0.15) is 50.8 Å². The standard InChI is InChI=1S/C24H28N2O3.C7H10/c1-16(2)25-14-17(3)18(4)20-9-11-23(26-15-27)21(12-20)7-5-6-19-8-10-22(28)13-24(19)29;1-3-5-7-6-4-2/h8-15,28-29H,4-7H2,1-3H3,(H,26,27);3-7H,1H2,2H3/b17-14-;6-4-,7-5-. The van der Waals surface area contributed by atoms with E-state index in [2.05, 4.69) is 23.5 Å². The number of aliphatic imine (C=N–C) groups is 1. The maximum Gasteiger partial charge on any atom is 0.211 e. The quantitative estimate of drug-likeness (QED) is 0.174. The lowest BCUT2D eigenvalue weighted by Gasteiger charge is -2.13. The smallest absolute Gasteiger partial charge is 0.211 e. The number of aryl methyl sites for hydroxylation is 2. The van der Waals surface area contributed by atoms with Crippen LogP contribution in [-0.2, 0) is 17.6 Å². The van der Waals surface area contributed by atoms with Crippen LogP contribution in [0.3, 0.4) is 0 Å². The summed E-state index contributed by atoms with van der Waals surface area (Å²) in [6, 6.07) is 10.5. The van der Waals surface area contributed by atoms with Gasteiger partial charge in [-0.3, -0.25) is 9.79 Å². The first-order chi connectivity index (χ1) is 17.2. The molecule has 2 aromatic carbocycles. The molecule has 0 bridgehead atoms. The summed E-state index contributed by atoms with van der Waals surface area (Å²) in [6.07, 6.45) is 14.1. The highest BCUT2D eigenvalue weighted by Crippen LogP contribution is 2.28. The van der Waals surface area contributed by atoms with E-state index >= 15 is 0 Å². The molecule has 0 aliphatic heterocycles. The lowest BCUT2D eigenvalue weighted by Crippen LogP contribution is -2.01. The molecule has 190 valence electrons. The molecule has 0 spiro atoms. The maximum atomic E-state index is 11.0. The summed E-state index contributed by atoms with van der Waals surface area (Å²) in [6.45, 7) is 15.5. The topological polar surface area (TPSA) is 81.9 Å². The number of nitrogens with zero attached hydrogens (tertiary/aromatic N) is 1. The highest BCUT2D eigenvalue weighted by molar-refractivity contribution is 5.82. The van der Waals surface area contributed by atoms with Gasteiger partial charge in [0.1, 0.15) is 11.5 Å². The molecule has 3 N–H and O–H groups in total. The molecule has 1 amide bonds. The number of hydrogen-bond acceptors (Lipinski definition) is 4. The summed E-state index contributed by atoms with van der Waals surface area (Å²) in [5.41, 5.74) is 6.34. The van der Waals surface area contributed by atoms with E-state index in [0.717, 1.165) is 45.7 Å². The largest absolute Gasteiger partial charge is 0.508 e. The third-order valence-electron chi connectivity index (χ3n) is 5.17. The summed E-state index contributed by atoms with van der Waals surface area (Å²) in [5, 5.41) is 22.1. The number of nitrogens with one attached hydrogen (secondary N) is 1. The van der Waals surface area contributed by atoms with Gasteiger partial charge in [0.2, 0.25) is 6.41 Å². The van der Waals surface area contributed by atoms with E-state index < -0.39 is 0 Å². The Morgan fingerprint density at radius 2 is 1.72 bits per heavy atom. The number of phenols is 2. The van der Waals surface area contributed by atoms with Gasteiger partial charge in [-0.25, -0.2) is 0 Å². The van der Waals surface area contributed by atoms with Crippen molar-refractivity contribution in [2.45, 2.75) is 47.0 Å². The molecule has 0 unspecified atom stereocenters. The first kappa shape index (κ1) is 29.9. The highest BCUT2D eigenvalue weighted by atomic mass is 16.3. The second-order valence-corrected chi connectivity index (χ2v) is 8.31. The third kappa shape index (κ3) is 10.9. The van der Waals surface area contributed by atoms with E-state index in [4.69, 9.17) is 0 Å². The highest BCUT2D eigenvalue weighted by Gasteiger charge is 2.09. The van der Waals surface area contributed by atoms with Crippen molar-refractivity contribution in [1.82, 2.24) is 0 Å². The minimum Gasteiger partial charge on any atom is -0.508 e. The van der Waals surface area contributed by atoms with Crippen molar-refractivity contribution in [3.05, 3.63) is 108 Å². The molecule has 0 fully saturated rings. The van der Waals surface area contributed by atoms with Crippen LogP contribution in [0, 0.1) is 0 Å². The summed E-state index contributed by atoms with van der Waals surface area (Å²) in [5.74, 6) is 0.131. The molecule has 2 rings (SSSR count). The molecule has 0 saturated heterocycles. The Hall–Kier alpha value is -4.12. The van der Waals surface area contributed by atoms with Crippen molar-refractivity contribution in [1.29, 1.82) is 0 Å². The Kier molecular flexibility index (Phi) is 13.7. The van der Waals surface area contributed by atoms with Gasteiger partial charge in [-0.2, -0.15) is 0 Å². The zero-order chi connectivity index (χ0) is 26.9. The maximum absolute atomic E-state index is 11.0. The second kappa shape index (κ2) is 16.5. The van der Waals surface area contributed by atoms with Gasteiger partial charge in [0.25, 0.3) is 0 Å². The minimum absolute atomic E-state index is 0.0426. The van der Waals surface area contributed by atoms with Crippen LogP contribution < -0.4 is 5.32 Å². The molecule has 0 aliphatic carbocycles. The third-order valence-corrected chi connectivity index (χ3v) is 5.17. The Morgan fingerprint density at radius 3 is 2.33 bits per heavy atom. The zero-order valence-corrected chi connectivity index (χ0v) is 21.8. The van der Waals surface area contributed by atoms with Gasteiger partial charge < -0.3 is 15.5 Å². The molecule has 5 heteroatoms. The number of rotatable bonds is 11. The molecular formula is C31H38N2O3. The Balaban J connectivity index is 0.000000809. The predicted molar refractivity (Wildman–Crippen MR) is 154 cm³/mol. The number of allylic oxidation sites excluding steroid dienone is 7. The van der Waals surface area contributed by atoms with E-state index in [1.807, 2.05) is 76.4 Å². The van der Waals surface area contributed by atoms with Gasteiger partial charge in [0.15, 0.2) is 0 Å². The summed E-state index contributed by atoms with van der Waals surface area (Å²) in [7, 11) is 0. The molecule has 5 nitrogen and oxygen atoms in total. The Morgan fingerprint density at radius 1 is 1.00 bits per heavy atom. The van der Waals surface area contributed by atoms with Gasteiger partial charge in [-0.05, 0) is 93.0 Å². The minimum atomic E-state index is 0.0426. The number of carbonyl (C=O) groups is 1. The van der Waals surface area contributed by atoms with Crippen LogP contribution in [0.15, 0.2) is 96.7 Å².